The lowest BCUT2D eigenvalue weighted by molar-refractivity contribution is 0.0944. The molecule has 20 heavy (non-hydrogen) atoms. The molecule has 1 aliphatic rings. The SMILES string of the molecule is CC1CCC(CNC(=O)c2cccc(N(C)C)c2)CN1. The van der Waals surface area contributed by atoms with E-state index in [9.17, 15) is 4.79 Å². The summed E-state index contributed by atoms with van der Waals surface area (Å²) in [5.74, 6) is 0.569. The summed E-state index contributed by atoms with van der Waals surface area (Å²) in [5.41, 5.74) is 1.78. The Bertz CT molecular complexity index is 451. The van der Waals surface area contributed by atoms with E-state index in [1.165, 1.54) is 12.8 Å². The first-order valence-electron chi connectivity index (χ1n) is 7.35. The predicted molar refractivity (Wildman–Crippen MR) is 83.3 cm³/mol. The molecule has 1 amide bonds. The minimum atomic E-state index is 0.0207. The Hall–Kier alpha value is -1.55. The van der Waals surface area contributed by atoms with Crippen molar-refractivity contribution in [3.8, 4) is 0 Å². The van der Waals surface area contributed by atoms with Gasteiger partial charge in [0.1, 0.15) is 0 Å². The first kappa shape index (κ1) is 14.9. The molecular formula is C16H25N3O. The molecule has 0 saturated carbocycles. The zero-order valence-corrected chi connectivity index (χ0v) is 12.6. The number of piperidine rings is 1. The van der Waals surface area contributed by atoms with Crippen LogP contribution in [-0.4, -0.2) is 39.1 Å². The lowest BCUT2D eigenvalue weighted by atomic mass is 9.95. The molecule has 0 spiro atoms. The predicted octanol–water partition coefficient (Wildman–Crippen LogP) is 1.87. The van der Waals surface area contributed by atoms with Crippen LogP contribution in [0.3, 0.4) is 0 Å². The number of hydrogen-bond donors (Lipinski definition) is 2. The van der Waals surface area contributed by atoms with E-state index in [4.69, 9.17) is 0 Å². The van der Waals surface area contributed by atoms with E-state index in [0.717, 1.165) is 24.3 Å². The second-order valence-corrected chi connectivity index (χ2v) is 5.91. The number of carbonyl (C=O) groups excluding carboxylic acids is 1. The van der Waals surface area contributed by atoms with E-state index in [1.54, 1.807) is 0 Å². The van der Waals surface area contributed by atoms with Gasteiger partial charge in [-0.3, -0.25) is 4.79 Å². The molecule has 2 unspecified atom stereocenters. The summed E-state index contributed by atoms with van der Waals surface area (Å²) in [5, 5.41) is 6.51. The van der Waals surface area contributed by atoms with Crippen LogP contribution < -0.4 is 15.5 Å². The van der Waals surface area contributed by atoms with Gasteiger partial charge in [0.25, 0.3) is 5.91 Å². The minimum Gasteiger partial charge on any atom is -0.378 e. The standard InChI is InChI=1S/C16H25N3O/c1-12-7-8-13(10-17-12)11-18-16(20)14-5-4-6-15(9-14)19(2)3/h4-6,9,12-13,17H,7-8,10-11H2,1-3H3,(H,18,20). The van der Waals surface area contributed by atoms with Crippen molar-refractivity contribution in [1.82, 2.24) is 10.6 Å². The van der Waals surface area contributed by atoms with Crippen molar-refractivity contribution in [2.45, 2.75) is 25.8 Å². The van der Waals surface area contributed by atoms with Gasteiger partial charge in [-0.1, -0.05) is 6.07 Å². The second-order valence-electron chi connectivity index (χ2n) is 5.91. The fourth-order valence-corrected chi connectivity index (χ4v) is 2.50. The van der Waals surface area contributed by atoms with E-state index >= 15 is 0 Å². The third-order valence-electron chi connectivity index (χ3n) is 3.94. The van der Waals surface area contributed by atoms with E-state index in [2.05, 4.69) is 17.6 Å². The Morgan fingerprint density at radius 1 is 1.40 bits per heavy atom. The monoisotopic (exact) mass is 275 g/mol. The molecule has 2 N–H and O–H groups in total. The van der Waals surface area contributed by atoms with Gasteiger partial charge in [0.15, 0.2) is 0 Å². The summed E-state index contributed by atoms with van der Waals surface area (Å²) >= 11 is 0. The van der Waals surface area contributed by atoms with E-state index in [0.29, 0.717) is 12.0 Å². The molecule has 1 aliphatic heterocycles. The van der Waals surface area contributed by atoms with Crippen LogP contribution in [-0.2, 0) is 0 Å². The molecule has 1 heterocycles. The lowest BCUT2D eigenvalue weighted by Crippen LogP contribution is -2.41. The fourth-order valence-electron chi connectivity index (χ4n) is 2.50. The zero-order valence-electron chi connectivity index (χ0n) is 12.6. The molecule has 110 valence electrons. The van der Waals surface area contributed by atoms with Gasteiger partial charge in [-0.2, -0.15) is 0 Å². The lowest BCUT2D eigenvalue weighted by Gasteiger charge is -2.27. The summed E-state index contributed by atoms with van der Waals surface area (Å²) < 4.78 is 0. The number of amides is 1. The van der Waals surface area contributed by atoms with E-state index < -0.39 is 0 Å². The van der Waals surface area contributed by atoms with Crippen molar-refractivity contribution in [2.24, 2.45) is 5.92 Å². The second kappa shape index (κ2) is 6.75. The minimum absolute atomic E-state index is 0.0207. The van der Waals surface area contributed by atoms with Crippen LogP contribution in [0.25, 0.3) is 0 Å². The highest BCUT2D eigenvalue weighted by Crippen LogP contribution is 2.15. The first-order chi connectivity index (χ1) is 9.56. The maximum Gasteiger partial charge on any atom is 0.251 e. The molecule has 0 bridgehead atoms. The summed E-state index contributed by atoms with van der Waals surface area (Å²) in [6.45, 7) is 3.96. The number of rotatable bonds is 4. The summed E-state index contributed by atoms with van der Waals surface area (Å²) in [6, 6.07) is 8.33. The highest BCUT2D eigenvalue weighted by molar-refractivity contribution is 5.95. The van der Waals surface area contributed by atoms with Gasteiger partial charge in [0.05, 0.1) is 0 Å². The van der Waals surface area contributed by atoms with E-state index in [-0.39, 0.29) is 5.91 Å². The molecule has 2 rings (SSSR count). The normalized spacial score (nSPS) is 22.4. The Morgan fingerprint density at radius 2 is 2.20 bits per heavy atom. The fraction of sp³-hybridized carbons (Fsp3) is 0.562. The summed E-state index contributed by atoms with van der Waals surface area (Å²) in [7, 11) is 3.96. The van der Waals surface area contributed by atoms with E-state index in [1.807, 2.05) is 43.3 Å². The van der Waals surface area contributed by atoms with Crippen molar-refractivity contribution in [2.75, 3.05) is 32.1 Å². The van der Waals surface area contributed by atoms with Crippen LogP contribution in [0.2, 0.25) is 0 Å². The Morgan fingerprint density at radius 3 is 2.85 bits per heavy atom. The Labute approximate surface area is 121 Å². The average molecular weight is 275 g/mol. The Kier molecular flexibility index (Phi) is 5.01. The number of hydrogen-bond acceptors (Lipinski definition) is 3. The molecule has 1 fully saturated rings. The largest absolute Gasteiger partial charge is 0.378 e. The molecule has 1 aromatic carbocycles. The molecule has 0 aliphatic carbocycles. The number of benzene rings is 1. The molecule has 4 nitrogen and oxygen atoms in total. The van der Waals surface area contributed by atoms with Crippen LogP contribution in [0.1, 0.15) is 30.1 Å². The molecular weight excluding hydrogens is 250 g/mol. The van der Waals surface area contributed by atoms with Crippen LogP contribution in [0.4, 0.5) is 5.69 Å². The maximum absolute atomic E-state index is 12.2. The summed E-state index contributed by atoms with van der Waals surface area (Å²) in [4.78, 5) is 14.2. The molecule has 0 radical (unpaired) electrons. The molecule has 1 saturated heterocycles. The van der Waals surface area contributed by atoms with Gasteiger partial charge in [-0.15, -0.1) is 0 Å². The number of carbonyl (C=O) groups is 1. The third-order valence-corrected chi connectivity index (χ3v) is 3.94. The van der Waals surface area contributed by atoms with Crippen LogP contribution in [0, 0.1) is 5.92 Å². The van der Waals surface area contributed by atoms with Gasteiger partial charge in [-0.25, -0.2) is 0 Å². The topological polar surface area (TPSA) is 44.4 Å². The molecule has 4 heteroatoms. The molecule has 2 atom stereocenters. The van der Waals surface area contributed by atoms with Crippen molar-refractivity contribution < 1.29 is 4.79 Å². The summed E-state index contributed by atoms with van der Waals surface area (Å²) in [6.07, 6.45) is 2.38. The highest BCUT2D eigenvalue weighted by atomic mass is 16.1. The van der Waals surface area contributed by atoms with Crippen LogP contribution in [0.15, 0.2) is 24.3 Å². The van der Waals surface area contributed by atoms with Gasteiger partial charge in [0, 0.05) is 37.9 Å². The van der Waals surface area contributed by atoms with Crippen molar-refractivity contribution in [3.63, 3.8) is 0 Å². The number of anilines is 1. The smallest absolute Gasteiger partial charge is 0.251 e. The van der Waals surface area contributed by atoms with Gasteiger partial charge >= 0.3 is 0 Å². The van der Waals surface area contributed by atoms with Gasteiger partial charge < -0.3 is 15.5 Å². The highest BCUT2D eigenvalue weighted by Gasteiger charge is 2.18. The van der Waals surface area contributed by atoms with Gasteiger partial charge in [-0.05, 0) is 50.4 Å². The maximum atomic E-state index is 12.2. The molecule has 1 aromatic rings. The van der Waals surface area contributed by atoms with Gasteiger partial charge in [0.2, 0.25) is 0 Å². The zero-order chi connectivity index (χ0) is 14.5. The van der Waals surface area contributed by atoms with Crippen molar-refractivity contribution >= 4 is 11.6 Å². The first-order valence-corrected chi connectivity index (χ1v) is 7.35. The quantitative estimate of drug-likeness (QED) is 0.882. The third kappa shape index (κ3) is 3.97. The van der Waals surface area contributed by atoms with Crippen LogP contribution in [0.5, 0.6) is 0 Å². The average Bonchev–Trinajstić information content (AvgIpc) is 2.46. The Balaban J connectivity index is 1.87. The number of nitrogens with zero attached hydrogens (tertiary/aromatic N) is 1. The number of nitrogens with one attached hydrogen (secondary N) is 2. The van der Waals surface area contributed by atoms with Crippen LogP contribution >= 0.6 is 0 Å². The molecule has 0 aromatic heterocycles. The van der Waals surface area contributed by atoms with Crippen molar-refractivity contribution in [1.29, 1.82) is 0 Å². The van der Waals surface area contributed by atoms with Crippen molar-refractivity contribution in [3.05, 3.63) is 29.8 Å².